The smallest absolute Gasteiger partial charge is 0.308 e. The van der Waals surface area contributed by atoms with Crippen LogP contribution < -0.4 is 5.32 Å². The summed E-state index contributed by atoms with van der Waals surface area (Å²) in [7, 11) is 0. The summed E-state index contributed by atoms with van der Waals surface area (Å²) >= 11 is 0. The SMILES string of the molecule is O=C(O)C1CC2CCCC(C2)C1Nc1nc(-c2c[nH]c3ncc(F)cc23)nc(-c2ccccc2)c1F. The lowest BCUT2D eigenvalue weighted by atomic mass is 9.65. The van der Waals surface area contributed by atoms with Gasteiger partial charge in [0.2, 0.25) is 0 Å². The fourth-order valence-corrected chi connectivity index (χ4v) is 5.95. The van der Waals surface area contributed by atoms with Crippen molar-refractivity contribution in [3.05, 3.63) is 60.4 Å². The maximum absolute atomic E-state index is 15.9. The summed E-state index contributed by atoms with van der Waals surface area (Å²) in [5.41, 5.74) is 1.59. The van der Waals surface area contributed by atoms with Gasteiger partial charge in [-0.2, -0.15) is 0 Å². The number of aromatic nitrogens is 4. The Morgan fingerprint density at radius 2 is 1.94 bits per heavy atom. The van der Waals surface area contributed by atoms with Crippen molar-refractivity contribution >= 4 is 22.8 Å². The Balaban J connectivity index is 1.49. The van der Waals surface area contributed by atoms with Gasteiger partial charge in [-0.15, -0.1) is 0 Å². The van der Waals surface area contributed by atoms with Gasteiger partial charge in [0, 0.05) is 28.8 Å². The molecule has 0 saturated heterocycles. The van der Waals surface area contributed by atoms with Crippen molar-refractivity contribution in [3.8, 4) is 22.6 Å². The maximum Gasteiger partial charge on any atom is 0.308 e. The molecule has 4 atom stereocenters. The lowest BCUT2D eigenvalue weighted by molar-refractivity contribution is -0.145. The molecular weight excluding hydrogens is 464 g/mol. The number of halogens is 2. The number of anilines is 1. The summed E-state index contributed by atoms with van der Waals surface area (Å²) in [6.07, 6.45) is 7.22. The summed E-state index contributed by atoms with van der Waals surface area (Å²) in [4.78, 5) is 28.3. The molecule has 4 unspecified atom stereocenters. The summed E-state index contributed by atoms with van der Waals surface area (Å²) in [6.45, 7) is 0. The number of carbonyl (C=O) groups is 1. The van der Waals surface area contributed by atoms with E-state index in [-0.39, 0.29) is 23.3 Å². The molecule has 4 aromatic rings. The lowest BCUT2D eigenvalue weighted by Crippen LogP contribution is -2.47. The standard InChI is InChI=1S/C27H25F2N5O2/c28-17-11-18-20(13-31-24(18)30-12-17)25-33-23(15-6-2-1-3-7-15)21(29)26(34-25)32-22-16-8-4-5-14(9-16)10-19(22)27(35)36/h1-3,6-7,11-14,16,19,22H,4-5,8-10H2,(H,30,31)(H,35,36)(H,32,33,34). The van der Waals surface area contributed by atoms with Gasteiger partial charge in [-0.3, -0.25) is 4.79 Å². The third-order valence-corrected chi connectivity index (χ3v) is 7.61. The summed E-state index contributed by atoms with van der Waals surface area (Å²) < 4.78 is 29.9. The second-order valence-electron chi connectivity index (χ2n) is 9.82. The van der Waals surface area contributed by atoms with Crippen LogP contribution in [0.4, 0.5) is 14.6 Å². The zero-order valence-electron chi connectivity index (χ0n) is 19.4. The molecule has 3 N–H and O–H groups in total. The number of rotatable bonds is 5. The molecule has 9 heteroatoms. The highest BCUT2D eigenvalue weighted by molar-refractivity contribution is 5.92. The molecule has 2 aliphatic rings. The van der Waals surface area contributed by atoms with E-state index in [4.69, 9.17) is 0 Å². The van der Waals surface area contributed by atoms with Crippen molar-refractivity contribution in [3.63, 3.8) is 0 Å². The molecule has 0 radical (unpaired) electrons. The largest absolute Gasteiger partial charge is 0.481 e. The third-order valence-electron chi connectivity index (χ3n) is 7.61. The van der Waals surface area contributed by atoms with E-state index in [9.17, 15) is 14.3 Å². The molecular formula is C27H25F2N5O2. The molecule has 2 fully saturated rings. The van der Waals surface area contributed by atoms with Crippen LogP contribution in [0.2, 0.25) is 0 Å². The van der Waals surface area contributed by atoms with E-state index >= 15 is 4.39 Å². The summed E-state index contributed by atoms with van der Waals surface area (Å²) in [6, 6.07) is 9.80. The molecule has 184 valence electrons. The Hall–Kier alpha value is -3.88. The first-order valence-electron chi connectivity index (χ1n) is 12.2. The summed E-state index contributed by atoms with van der Waals surface area (Å²) in [5.74, 6) is -1.98. The quantitative estimate of drug-likeness (QED) is 0.334. The van der Waals surface area contributed by atoms with Gasteiger partial charge in [-0.1, -0.05) is 43.2 Å². The molecule has 1 aromatic carbocycles. The van der Waals surface area contributed by atoms with Crippen LogP contribution in [-0.2, 0) is 4.79 Å². The van der Waals surface area contributed by atoms with E-state index in [1.807, 2.05) is 6.07 Å². The Bertz CT molecular complexity index is 1440. The molecule has 0 spiro atoms. The van der Waals surface area contributed by atoms with Crippen LogP contribution in [0.5, 0.6) is 0 Å². The first kappa shape index (κ1) is 22.6. The number of hydrogen-bond acceptors (Lipinski definition) is 5. The maximum atomic E-state index is 15.9. The van der Waals surface area contributed by atoms with Gasteiger partial charge in [0.05, 0.1) is 12.1 Å². The average Bonchev–Trinajstić information content (AvgIpc) is 3.30. The fraction of sp³-hybridized carbons (Fsp3) is 0.333. The highest BCUT2D eigenvalue weighted by Crippen LogP contribution is 2.44. The van der Waals surface area contributed by atoms with Crippen molar-refractivity contribution in [1.29, 1.82) is 0 Å². The molecule has 3 aromatic heterocycles. The van der Waals surface area contributed by atoms with Crippen LogP contribution in [0.1, 0.15) is 32.1 Å². The van der Waals surface area contributed by atoms with Crippen LogP contribution in [0, 0.1) is 29.4 Å². The zero-order valence-corrected chi connectivity index (χ0v) is 19.4. The Morgan fingerprint density at radius 1 is 1.11 bits per heavy atom. The van der Waals surface area contributed by atoms with Gasteiger partial charge in [0.25, 0.3) is 0 Å². The number of H-pyrrole nitrogens is 1. The molecule has 0 aliphatic heterocycles. The van der Waals surface area contributed by atoms with Crippen LogP contribution in [-0.4, -0.2) is 37.1 Å². The van der Waals surface area contributed by atoms with Gasteiger partial charge in [-0.05, 0) is 37.2 Å². The number of nitrogens with one attached hydrogen (secondary N) is 2. The van der Waals surface area contributed by atoms with Crippen molar-refractivity contribution < 1.29 is 18.7 Å². The number of hydrogen-bond donors (Lipinski definition) is 3. The van der Waals surface area contributed by atoms with Crippen LogP contribution in [0.15, 0.2) is 48.8 Å². The van der Waals surface area contributed by atoms with Crippen molar-refractivity contribution in [2.24, 2.45) is 17.8 Å². The molecule has 2 aliphatic carbocycles. The fourth-order valence-electron chi connectivity index (χ4n) is 5.95. The van der Waals surface area contributed by atoms with E-state index in [1.165, 1.54) is 6.07 Å². The topological polar surface area (TPSA) is 104 Å². The van der Waals surface area contributed by atoms with Gasteiger partial charge in [0.15, 0.2) is 17.5 Å². The first-order chi connectivity index (χ1) is 17.5. The third kappa shape index (κ3) is 3.98. The predicted octanol–water partition coefficient (Wildman–Crippen LogP) is 5.66. The first-order valence-corrected chi connectivity index (χ1v) is 12.2. The summed E-state index contributed by atoms with van der Waals surface area (Å²) in [5, 5.41) is 13.7. The molecule has 2 bridgehead atoms. The second-order valence-corrected chi connectivity index (χ2v) is 9.82. The number of pyridine rings is 1. The van der Waals surface area contributed by atoms with E-state index in [0.29, 0.717) is 34.5 Å². The highest BCUT2D eigenvalue weighted by Gasteiger charge is 2.43. The number of benzene rings is 1. The van der Waals surface area contributed by atoms with Crippen LogP contribution >= 0.6 is 0 Å². The number of aliphatic carboxylic acids is 1. The minimum Gasteiger partial charge on any atom is -0.481 e. The monoisotopic (exact) mass is 489 g/mol. The Morgan fingerprint density at radius 3 is 2.75 bits per heavy atom. The minimum atomic E-state index is -0.875. The van der Waals surface area contributed by atoms with Crippen LogP contribution in [0.3, 0.4) is 0 Å². The van der Waals surface area contributed by atoms with Crippen molar-refractivity contribution in [2.75, 3.05) is 5.32 Å². The molecule has 3 heterocycles. The number of carboxylic acid groups (broad SMARTS) is 1. The number of nitrogens with zero attached hydrogens (tertiary/aromatic N) is 3. The average molecular weight is 490 g/mol. The van der Waals surface area contributed by atoms with Crippen molar-refractivity contribution in [2.45, 2.75) is 38.1 Å². The van der Waals surface area contributed by atoms with E-state index in [0.717, 1.165) is 31.9 Å². The van der Waals surface area contributed by atoms with E-state index < -0.39 is 29.6 Å². The van der Waals surface area contributed by atoms with Gasteiger partial charge >= 0.3 is 5.97 Å². The van der Waals surface area contributed by atoms with Gasteiger partial charge in [-0.25, -0.2) is 23.7 Å². The molecule has 2 saturated carbocycles. The molecule has 7 nitrogen and oxygen atoms in total. The van der Waals surface area contributed by atoms with Gasteiger partial charge in [0.1, 0.15) is 17.2 Å². The van der Waals surface area contributed by atoms with E-state index in [2.05, 4.69) is 25.3 Å². The Kier molecular flexibility index (Phi) is 5.62. The predicted molar refractivity (Wildman–Crippen MR) is 131 cm³/mol. The van der Waals surface area contributed by atoms with Gasteiger partial charge < -0.3 is 15.4 Å². The Labute approximate surface area is 206 Å². The second kappa shape index (κ2) is 8.96. The van der Waals surface area contributed by atoms with Crippen LogP contribution in [0.25, 0.3) is 33.7 Å². The normalized spacial score (nSPS) is 23.5. The van der Waals surface area contributed by atoms with Crippen molar-refractivity contribution in [1.82, 2.24) is 19.9 Å². The molecule has 6 rings (SSSR count). The number of fused-ring (bicyclic) bond motifs is 3. The highest BCUT2D eigenvalue weighted by atomic mass is 19.1. The number of carboxylic acids is 1. The van der Waals surface area contributed by atoms with E-state index in [1.54, 1.807) is 30.5 Å². The number of aromatic amines is 1. The molecule has 0 amide bonds. The lowest BCUT2D eigenvalue weighted by Gasteiger charge is -2.44. The molecule has 36 heavy (non-hydrogen) atoms. The zero-order chi connectivity index (χ0) is 24.8. The minimum absolute atomic E-state index is 0.0437.